The maximum atomic E-state index is 13.6. The molecule has 0 heterocycles. The monoisotopic (exact) mass is 327 g/mol. The first-order valence-corrected chi connectivity index (χ1v) is 6.43. The highest BCUT2D eigenvalue weighted by atomic mass is 79.9. The molecule has 2 aromatic carbocycles. The van der Waals surface area contributed by atoms with Crippen molar-refractivity contribution in [3.8, 4) is 5.75 Å². The van der Waals surface area contributed by atoms with E-state index in [9.17, 15) is 8.78 Å². The highest BCUT2D eigenvalue weighted by Gasteiger charge is 2.15. The molecule has 2 rings (SSSR count). The van der Waals surface area contributed by atoms with Gasteiger partial charge in [0.05, 0.1) is 0 Å². The second-order valence-electron chi connectivity index (χ2n) is 4.13. The fourth-order valence-electron chi connectivity index (χ4n) is 1.69. The lowest BCUT2D eigenvalue weighted by molar-refractivity contribution is 0.213. The largest absolute Gasteiger partial charge is 0.483 e. The fourth-order valence-corrected chi connectivity index (χ4v) is 2.10. The van der Waals surface area contributed by atoms with E-state index in [1.807, 2.05) is 6.07 Å². The zero-order chi connectivity index (χ0) is 14.0. The van der Waals surface area contributed by atoms with E-state index in [1.165, 1.54) is 6.07 Å². The third-order valence-electron chi connectivity index (χ3n) is 2.64. The molecule has 0 aliphatic rings. The first-order valence-electron chi connectivity index (χ1n) is 5.64. The van der Waals surface area contributed by atoms with Gasteiger partial charge in [0.25, 0.3) is 0 Å². The Morgan fingerprint density at radius 2 is 1.95 bits per heavy atom. The van der Waals surface area contributed by atoms with Crippen LogP contribution < -0.4 is 10.5 Å². The Balaban J connectivity index is 2.26. The predicted octanol–water partition coefficient (Wildman–Crippen LogP) is 4.45. The molecule has 0 aromatic heterocycles. The van der Waals surface area contributed by atoms with Crippen LogP contribution in [0.4, 0.5) is 14.5 Å². The highest BCUT2D eigenvalue weighted by molar-refractivity contribution is 9.10. The molecule has 2 nitrogen and oxygen atoms in total. The molecule has 1 atom stereocenters. The summed E-state index contributed by atoms with van der Waals surface area (Å²) in [6.45, 7) is 1.74. The molecule has 100 valence electrons. The standard InChI is InChI=1S/C14H12BrF2NO/c1-8(9-3-2-4-11(18)5-9)19-13-7-10(15)6-12(16)14(13)17/h2-8H,18H2,1H3. The summed E-state index contributed by atoms with van der Waals surface area (Å²) in [5.74, 6) is -2.09. The van der Waals surface area contributed by atoms with E-state index < -0.39 is 17.7 Å². The van der Waals surface area contributed by atoms with Gasteiger partial charge in [-0.05, 0) is 36.8 Å². The Labute approximate surface area is 118 Å². The van der Waals surface area contributed by atoms with Crippen LogP contribution >= 0.6 is 15.9 Å². The van der Waals surface area contributed by atoms with E-state index in [1.54, 1.807) is 25.1 Å². The number of ether oxygens (including phenoxy) is 1. The fraction of sp³-hybridized carbons (Fsp3) is 0.143. The van der Waals surface area contributed by atoms with Gasteiger partial charge >= 0.3 is 0 Å². The molecule has 0 saturated heterocycles. The molecule has 0 fully saturated rings. The molecule has 2 aromatic rings. The zero-order valence-corrected chi connectivity index (χ0v) is 11.7. The van der Waals surface area contributed by atoms with Gasteiger partial charge in [0.2, 0.25) is 5.82 Å². The molecule has 0 aliphatic carbocycles. The second kappa shape index (κ2) is 5.57. The molecule has 0 bridgehead atoms. The second-order valence-corrected chi connectivity index (χ2v) is 5.05. The van der Waals surface area contributed by atoms with Crippen LogP contribution in [-0.2, 0) is 0 Å². The van der Waals surface area contributed by atoms with Crippen molar-refractivity contribution >= 4 is 21.6 Å². The highest BCUT2D eigenvalue weighted by Crippen LogP contribution is 2.29. The number of anilines is 1. The normalized spacial score (nSPS) is 12.2. The van der Waals surface area contributed by atoms with Crippen molar-refractivity contribution in [3.63, 3.8) is 0 Å². The summed E-state index contributed by atoms with van der Waals surface area (Å²) in [6.07, 6.45) is -0.438. The average Bonchev–Trinajstić information content (AvgIpc) is 2.35. The molecular weight excluding hydrogens is 316 g/mol. The van der Waals surface area contributed by atoms with Gasteiger partial charge in [-0.2, -0.15) is 4.39 Å². The van der Waals surface area contributed by atoms with E-state index in [4.69, 9.17) is 10.5 Å². The molecule has 0 radical (unpaired) electrons. The van der Waals surface area contributed by atoms with Gasteiger partial charge in [0, 0.05) is 10.2 Å². The maximum Gasteiger partial charge on any atom is 0.200 e. The predicted molar refractivity (Wildman–Crippen MR) is 74.0 cm³/mol. The van der Waals surface area contributed by atoms with Gasteiger partial charge in [-0.25, -0.2) is 4.39 Å². The Hall–Kier alpha value is -1.62. The molecule has 19 heavy (non-hydrogen) atoms. The lowest BCUT2D eigenvalue weighted by Gasteiger charge is -2.16. The van der Waals surface area contributed by atoms with Crippen molar-refractivity contribution in [3.05, 3.63) is 58.1 Å². The minimum absolute atomic E-state index is 0.137. The van der Waals surface area contributed by atoms with Crippen molar-refractivity contribution in [2.24, 2.45) is 0 Å². The number of benzene rings is 2. The minimum atomic E-state index is -1.00. The molecular formula is C14H12BrF2NO. The van der Waals surface area contributed by atoms with E-state index in [2.05, 4.69) is 15.9 Å². The maximum absolute atomic E-state index is 13.6. The van der Waals surface area contributed by atoms with E-state index in [0.717, 1.165) is 11.6 Å². The smallest absolute Gasteiger partial charge is 0.200 e. The topological polar surface area (TPSA) is 35.2 Å². The van der Waals surface area contributed by atoms with Crippen molar-refractivity contribution in [1.29, 1.82) is 0 Å². The van der Waals surface area contributed by atoms with Crippen LogP contribution in [0.2, 0.25) is 0 Å². The van der Waals surface area contributed by atoms with Gasteiger partial charge in [-0.3, -0.25) is 0 Å². The summed E-state index contributed by atoms with van der Waals surface area (Å²) in [4.78, 5) is 0. The van der Waals surface area contributed by atoms with Crippen molar-refractivity contribution in [1.82, 2.24) is 0 Å². The molecule has 0 spiro atoms. The average molecular weight is 328 g/mol. The lowest BCUT2D eigenvalue weighted by Crippen LogP contribution is -2.05. The Morgan fingerprint density at radius 1 is 1.21 bits per heavy atom. The first kappa shape index (κ1) is 13.8. The van der Waals surface area contributed by atoms with Crippen LogP contribution in [0.1, 0.15) is 18.6 Å². The molecule has 2 N–H and O–H groups in total. The van der Waals surface area contributed by atoms with E-state index in [-0.39, 0.29) is 5.75 Å². The number of rotatable bonds is 3. The Morgan fingerprint density at radius 3 is 2.63 bits per heavy atom. The number of nitrogen functional groups attached to an aromatic ring is 1. The number of hydrogen-bond acceptors (Lipinski definition) is 2. The van der Waals surface area contributed by atoms with Crippen molar-refractivity contribution in [2.75, 3.05) is 5.73 Å². The molecule has 1 unspecified atom stereocenters. The lowest BCUT2D eigenvalue weighted by atomic mass is 10.1. The number of nitrogens with two attached hydrogens (primary N) is 1. The summed E-state index contributed by atoms with van der Waals surface area (Å²) >= 11 is 3.10. The van der Waals surface area contributed by atoms with Gasteiger partial charge in [-0.1, -0.05) is 28.1 Å². The third-order valence-corrected chi connectivity index (χ3v) is 3.10. The van der Waals surface area contributed by atoms with Gasteiger partial charge in [-0.15, -0.1) is 0 Å². The van der Waals surface area contributed by atoms with Crippen LogP contribution in [0.15, 0.2) is 40.9 Å². The number of hydrogen-bond donors (Lipinski definition) is 1. The Bertz CT molecular complexity index is 604. The van der Waals surface area contributed by atoms with E-state index >= 15 is 0 Å². The zero-order valence-electron chi connectivity index (χ0n) is 10.2. The summed E-state index contributed by atoms with van der Waals surface area (Å²) in [6, 6.07) is 9.51. The first-order chi connectivity index (χ1) is 8.97. The van der Waals surface area contributed by atoms with Crippen LogP contribution in [0.5, 0.6) is 5.75 Å². The summed E-state index contributed by atoms with van der Waals surface area (Å²) in [7, 11) is 0. The van der Waals surface area contributed by atoms with Crippen LogP contribution in [0.25, 0.3) is 0 Å². The van der Waals surface area contributed by atoms with Crippen molar-refractivity contribution < 1.29 is 13.5 Å². The summed E-state index contributed by atoms with van der Waals surface area (Å²) in [5.41, 5.74) is 7.05. The van der Waals surface area contributed by atoms with Crippen LogP contribution in [0.3, 0.4) is 0 Å². The van der Waals surface area contributed by atoms with Gasteiger partial charge < -0.3 is 10.5 Å². The quantitative estimate of drug-likeness (QED) is 0.667. The SMILES string of the molecule is CC(Oc1cc(Br)cc(F)c1F)c1cccc(N)c1. The summed E-state index contributed by atoms with van der Waals surface area (Å²) < 4.78 is 32.7. The van der Waals surface area contributed by atoms with Gasteiger partial charge in [0.15, 0.2) is 11.6 Å². The minimum Gasteiger partial charge on any atom is -0.483 e. The number of halogens is 3. The molecule has 0 saturated carbocycles. The van der Waals surface area contributed by atoms with Crippen molar-refractivity contribution in [2.45, 2.75) is 13.0 Å². The van der Waals surface area contributed by atoms with E-state index in [0.29, 0.717) is 10.2 Å². The van der Waals surface area contributed by atoms with Crippen LogP contribution in [0, 0.1) is 11.6 Å². The Kier molecular flexibility index (Phi) is 4.04. The van der Waals surface area contributed by atoms with Gasteiger partial charge in [0.1, 0.15) is 6.10 Å². The molecule has 0 aliphatic heterocycles. The van der Waals surface area contributed by atoms with Crippen LogP contribution in [-0.4, -0.2) is 0 Å². The molecule has 5 heteroatoms. The molecule has 0 amide bonds. The summed E-state index contributed by atoms with van der Waals surface area (Å²) in [5, 5.41) is 0. The third kappa shape index (κ3) is 3.23.